The highest BCUT2D eigenvalue weighted by molar-refractivity contribution is 5.77. The monoisotopic (exact) mass is 378 g/mol. The number of carbonyl (C=O) groups is 2. The van der Waals surface area contributed by atoms with Gasteiger partial charge in [-0.05, 0) is 20.9 Å². The van der Waals surface area contributed by atoms with E-state index in [9.17, 15) is 9.59 Å². The molecule has 0 fully saturated rings. The normalized spacial score (nSPS) is 10.6. The van der Waals surface area contributed by atoms with Gasteiger partial charge in [0.1, 0.15) is 12.9 Å². The van der Waals surface area contributed by atoms with Crippen molar-refractivity contribution in [3.8, 4) is 0 Å². The molecule has 0 unspecified atom stereocenters. The van der Waals surface area contributed by atoms with Crippen molar-refractivity contribution in [3.05, 3.63) is 0 Å². The highest BCUT2D eigenvalue weighted by Gasteiger charge is 2.04. The van der Waals surface area contributed by atoms with Crippen molar-refractivity contribution in [2.24, 2.45) is 5.92 Å². The second-order valence-corrected chi connectivity index (χ2v) is 5.94. The fourth-order valence-electron chi connectivity index (χ4n) is 1.40. The average Bonchev–Trinajstić information content (AvgIpc) is 2.61. The number of hydrogen-bond acceptors (Lipinski definition) is 7. The molecule has 0 spiro atoms. The molecule has 0 atom stereocenters. The number of hydrogen-bond donors (Lipinski definition) is 2. The molecule has 0 heterocycles. The Morgan fingerprint density at radius 2 is 1.38 bits per heavy atom. The quantitative estimate of drug-likeness (QED) is 0.301. The maximum absolute atomic E-state index is 11.2. The fourth-order valence-corrected chi connectivity index (χ4v) is 1.40. The molecule has 8 nitrogen and oxygen atoms in total. The number of amides is 1. The summed E-state index contributed by atoms with van der Waals surface area (Å²) in [6.45, 7) is 12.6. The Balaban J connectivity index is 0. The summed E-state index contributed by atoms with van der Waals surface area (Å²) >= 11 is 0. The summed E-state index contributed by atoms with van der Waals surface area (Å²) in [4.78, 5) is 20.8. The van der Waals surface area contributed by atoms with Gasteiger partial charge in [0.25, 0.3) is 0 Å². The Labute approximate surface area is 158 Å². The zero-order chi connectivity index (χ0) is 20.0. The second-order valence-electron chi connectivity index (χ2n) is 5.94. The number of carbonyl (C=O) groups excluding carboxylic acids is 2. The van der Waals surface area contributed by atoms with Crippen LogP contribution < -0.4 is 10.6 Å². The van der Waals surface area contributed by atoms with Gasteiger partial charge < -0.3 is 34.4 Å². The summed E-state index contributed by atoms with van der Waals surface area (Å²) in [5, 5.41) is 5.78. The third kappa shape index (κ3) is 25.2. The van der Waals surface area contributed by atoms with Gasteiger partial charge in [-0.3, -0.25) is 4.79 Å². The van der Waals surface area contributed by atoms with Crippen molar-refractivity contribution in [1.82, 2.24) is 10.6 Å². The van der Waals surface area contributed by atoms with Crippen molar-refractivity contribution < 1.29 is 28.5 Å². The van der Waals surface area contributed by atoms with Gasteiger partial charge in [0.15, 0.2) is 0 Å². The van der Waals surface area contributed by atoms with E-state index >= 15 is 0 Å². The summed E-state index contributed by atoms with van der Waals surface area (Å²) in [5.41, 5.74) is 0. The van der Waals surface area contributed by atoms with Crippen LogP contribution in [0.25, 0.3) is 0 Å². The van der Waals surface area contributed by atoms with Gasteiger partial charge in [0.05, 0.1) is 45.7 Å². The number of ether oxygens (including phenoxy) is 4. The van der Waals surface area contributed by atoms with E-state index in [4.69, 9.17) is 18.9 Å². The predicted octanol–water partition coefficient (Wildman–Crippen LogP) is 0.638. The molecule has 0 aliphatic rings. The molecule has 0 aliphatic carbocycles. The molecule has 0 aromatic carbocycles. The molecule has 0 rings (SSSR count). The number of rotatable bonds is 16. The van der Waals surface area contributed by atoms with Crippen LogP contribution >= 0.6 is 0 Å². The molecule has 0 radical (unpaired) electrons. The first kappa shape index (κ1) is 27.2. The Hall–Kier alpha value is -1.06. The van der Waals surface area contributed by atoms with Crippen molar-refractivity contribution in [2.75, 3.05) is 66.4 Å². The van der Waals surface area contributed by atoms with Crippen LogP contribution in [0.4, 0.5) is 0 Å². The number of likely N-dealkylation sites (N-methyl/N-ethyl adjacent to an activating group) is 1. The van der Waals surface area contributed by atoms with Gasteiger partial charge in [-0.2, -0.15) is 0 Å². The Morgan fingerprint density at radius 3 is 1.77 bits per heavy atom. The molecule has 0 aliphatic heterocycles. The van der Waals surface area contributed by atoms with Gasteiger partial charge in [0, 0.05) is 19.0 Å². The van der Waals surface area contributed by atoms with Gasteiger partial charge >= 0.3 is 0 Å². The fraction of sp³-hybridized carbons (Fsp3) is 0.889. The van der Waals surface area contributed by atoms with Gasteiger partial charge in [-0.1, -0.05) is 13.8 Å². The predicted molar refractivity (Wildman–Crippen MR) is 101 cm³/mol. The van der Waals surface area contributed by atoms with Gasteiger partial charge in [-0.15, -0.1) is 0 Å². The minimum absolute atomic E-state index is 0.0197. The van der Waals surface area contributed by atoms with E-state index in [2.05, 4.69) is 10.6 Å². The largest absolute Gasteiger partial charge is 0.378 e. The van der Waals surface area contributed by atoms with Crippen LogP contribution in [0.1, 0.15) is 27.7 Å². The summed E-state index contributed by atoms with van der Waals surface area (Å²) in [7, 11) is 1.89. The zero-order valence-corrected chi connectivity index (χ0v) is 17.0. The first-order valence-corrected chi connectivity index (χ1v) is 9.16. The molecular formula is C18H38N2O6. The second kappa shape index (κ2) is 22.0. The lowest BCUT2D eigenvalue weighted by atomic mass is 10.2. The van der Waals surface area contributed by atoms with Crippen LogP contribution in [0.5, 0.6) is 0 Å². The van der Waals surface area contributed by atoms with Gasteiger partial charge in [0.2, 0.25) is 5.91 Å². The standard InChI is InChI=1S/C13H28N2O4.C5H10O2/c1-12(2)13(16)15-5-7-18-9-11-19-10-8-17-6-4-14-3;1-5(2)7-4-3-6/h12,14H,4-11H2,1-3H3,(H,15,16);3,5H,4H2,1-2H3. The molecule has 26 heavy (non-hydrogen) atoms. The van der Waals surface area contributed by atoms with Crippen LogP contribution in [-0.2, 0) is 28.5 Å². The highest BCUT2D eigenvalue weighted by Crippen LogP contribution is 1.89. The Morgan fingerprint density at radius 1 is 0.885 bits per heavy atom. The number of aldehydes is 1. The van der Waals surface area contributed by atoms with E-state index in [1.165, 1.54) is 0 Å². The molecule has 8 heteroatoms. The van der Waals surface area contributed by atoms with E-state index in [1.54, 1.807) is 0 Å². The van der Waals surface area contributed by atoms with Crippen molar-refractivity contribution in [2.45, 2.75) is 33.8 Å². The van der Waals surface area contributed by atoms with E-state index in [0.29, 0.717) is 46.2 Å². The topological polar surface area (TPSA) is 95.1 Å². The molecular weight excluding hydrogens is 340 g/mol. The van der Waals surface area contributed by atoms with Crippen LogP contribution in [0.15, 0.2) is 0 Å². The molecule has 156 valence electrons. The lowest BCUT2D eigenvalue weighted by molar-refractivity contribution is -0.124. The first-order valence-electron chi connectivity index (χ1n) is 9.16. The smallest absolute Gasteiger partial charge is 0.222 e. The van der Waals surface area contributed by atoms with E-state index in [0.717, 1.165) is 12.8 Å². The summed E-state index contributed by atoms with van der Waals surface area (Å²) in [5.74, 6) is 0.0739. The summed E-state index contributed by atoms with van der Waals surface area (Å²) in [6.07, 6.45) is 0.921. The maximum atomic E-state index is 11.2. The lowest BCUT2D eigenvalue weighted by Crippen LogP contribution is -2.31. The SMILES string of the molecule is CC(C)OCC=O.CNCCOCCOCCOCCNC(=O)C(C)C. The number of nitrogens with one attached hydrogen (secondary N) is 2. The van der Waals surface area contributed by atoms with Crippen molar-refractivity contribution in [3.63, 3.8) is 0 Å². The molecule has 0 saturated carbocycles. The minimum Gasteiger partial charge on any atom is -0.378 e. The Kier molecular flexibility index (Phi) is 23.0. The molecule has 0 aromatic heterocycles. The Bertz CT molecular complexity index is 314. The summed E-state index contributed by atoms with van der Waals surface area (Å²) in [6, 6.07) is 0. The highest BCUT2D eigenvalue weighted by atomic mass is 16.5. The molecule has 1 amide bonds. The molecule has 0 aromatic rings. The van der Waals surface area contributed by atoms with E-state index < -0.39 is 0 Å². The van der Waals surface area contributed by atoms with Crippen molar-refractivity contribution >= 4 is 12.2 Å². The van der Waals surface area contributed by atoms with Crippen LogP contribution in [0.3, 0.4) is 0 Å². The molecule has 0 saturated heterocycles. The van der Waals surface area contributed by atoms with Crippen LogP contribution in [0.2, 0.25) is 0 Å². The molecule has 2 N–H and O–H groups in total. The van der Waals surface area contributed by atoms with Crippen LogP contribution in [-0.4, -0.2) is 84.7 Å². The lowest BCUT2D eigenvalue weighted by Gasteiger charge is -2.08. The third-order valence-electron chi connectivity index (χ3n) is 2.81. The summed E-state index contributed by atoms with van der Waals surface area (Å²) < 4.78 is 20.8. The van der Waals surface area contributed by atoms with E-state index in [1.807, 2.05) is 34.7 Å². The zero-order valence-electron chi connectivity index (χ0n) is 17.0. The van der Waals surface area contributed by atoms with Crippen LogP contribution in [0, 0.1) is 5.92 Å². The molecule has 0 bridgehead atoms. The van der Waals surface area contributed by atoms with E-state index in [-0.39, 0.29) is 24.5 Å². The van der Waals surface area contributed by atoms with Gasteiger partial charge in [-0.25, -0.2) is 0 Å². The average molecular weight is 379 g/mol. The maximum Gasteiger partial charge on any atom is 0.222 e. The minimum atomic E-state index is 0.0197. The third-order valence-corrected chi connectivity index (χ3v) is 2.81. The van der Waals surface area contributed by atoms with Crippen molar-refractivity contribution in [1.29, 1.82) is 0 Å². The first-order chi connectivity index (χ1) is 12.5.